The van der Waals surface area contributed by atoms with Gasteiger partial charge in [0.2, 0.25) is 5.91 Å². The first-order valence-corrected chi connectivity index (χ1v) is 10.4. The second-order valence-electron chi connectivity index (χ2n) is 7.60. The van der Waals surface area contributed by atoms with E-state index in [1.165, 1.54) is 12.0 Å². The summed E-state index contributed by atoms with van der Waals surface area (Å²) < 4.78 is 5.24. The number of hydrogen-bond donors (Lipinski definition) is 0. The summed E-state index contributed by atoms with van der Waals surface area (Å²) in [6, 6.07) is 23.3. The molecule has 1 unspecified atom stereocenters. The third kappa shape index (κ3) is 4.46. The van der Waals surface area contributed by atoms with Gasteiger partial charge in [-0.25, -0.2) is 4.90 Å². The number of carbonyl (C=O) groups is 3. The van der Waals surface area contributed by atoms with E-state index in [4.69, 9.17) is 10.00 Å². The highest BCUT2D eigenvalue weighted by molar-refractivity contribution is 6.23. The first-order valence-electron chi connectivity index (χ1n) is 10.4. The van der Waals surface area contributed by atoms with E-state index >= 15 is 0 Å². The van der Waals surface area contributed by atoms with E-state index in [1.54, 1.807) is 48.5 Å². The van der Waals surface area contributed by atoms with E-state index in [9.17, 15) is 14.4 Å². The first kappa shape index (κ1) is 21.8. The molecular weight excluding hydrogens is 418 g/mol. The van der Waals surface area contributed by atoms with Crippen molar-refractivity contribution in [1.82, 2.24) is 4.90 Å². The van der Waals surface area contributed by atoms with Crippen molar-refractivity contribution in [3.63, 3.8) is 0 Å². The number of carbonyl (C=O) groups excluding carboxylic acids is 3. The van der Waals surface area contributed by atoms with E-state index < -0.39 is 17.9 Å². The number of benzene rings is 3. The number of hydrogen-bond acceptors (Lipinski definition) is 5. The standard InChI is InChI=1S/C26H21N3O4/c1-33-22-9-5-8-20(14-22)25(31)28(17-19-6-3-2-4-7-19)23-15-24(30)29(26(23)32)21-12-10-18(16-27)11-13-21/h2-14,23H,15,17H2,1H3. The van der Waals surface area contributed by atoms with Crippen LogP contribution in [0.1, 0.15) is 27.9 Å². The Balaban J connectivity index is 1.68. The molecule has 3 aromatic rings. The van der Waals surface area contributed by atoms with Crippen LogP contribution in [-0.2, 0) is 16.1 Å². The average molecular weight is 439 g/mol. The molecule has 7 nitrogen and oxygen atoms in total. The number of nitrogens with zero attached hydrogens (tertiary/aromatic N) is 3. The summed E-state index contributed by atoms with van der Waals surface area (Å²) in [5.41, 5.74) is 2.00. The minimum Gasteiger partial charge on any atom is -0.497 e. The van der Waals surface area contributed by atoms with E-state index in [1.807, 2.05) is 36.4 Å². The quantitative estimate of drug-likeness (QED) is 0.548. The first-order chi connectivity index (χ1) is 16.0. The van der Waals surface area contributed by atoms with E-state index in [2.05, 4.69) is 0 Å². The maximum Gasteiger partial charge on any atom is 0.257 e. The number of anilines is 1. The van der Waals surface area contributed by atoms with E-state index in [0.29, 0.717) is 22.6 Å². The SMILES string of the molecule is COc1cccc(C(=O)N(Cc2ccccc2)C2CC(=O)N(c3ccc(C#N)cc3)C2=O)c1. The molecule has 1 saturated heterocycles. The Morgan fingerprint density at radius 3 is 2.45 bits per heavy atom. The molecule has 0 aliphatic carbocycles. The summed E-state index contributed by atoms with van der Waals surface area (Å²) in [6.07, 6.45) is -0.124. The molecule has 1 aliphatic rings. The molecule has 0 radical (unpaired) electrons. The summed E-state index contributed by atoms with van der Waals surface area (Å²) in [4.78, 5) is 42.3. The number of nitriles is 1. The van der Waals surface area contributed by atoms with Gasteiger partial charge in [-0.2, -0.15) is 5.26 Å². The fourth-order valence-electron chi connectivity index (χ4n) is 3.84. The smallest absolute Gasteiger partial charge is 0.257 e. The molecule has 33 heavy (non-hydrogen) atoms. The van der Waals surface area contributed by atoms with Crippen molar-refractivity contribution < 1.29 is 19.1 Å². The minimum absolute atomic E-state index is 0.124. The van der Waals surface area contributed by atoms with Crippen LogP contribution in [0, 0.1) is 11.3 Å². The summed E-state index contributed by atoms with van der Waals surface area (Å²) >= 11 is 0. The highest BCUT2D eigenvalue weighted by Crippen LogP contribution is 2.28. The molecule has 0 N–H and O–H groups in total. The zero-order valence-corrected chi connectivity index (χ0v) is 18.0. The molecule has 4 rings (SSSR count). The third-order valence-electron chi connectivity index (χ3n) is 5.53. The molecule has 7 heteroatoms. The molecule has 0 aromatic heterocycles. The number of amides is 3. The lowest BCUT2D eigenvalue weighted by atomic mass is 10.1. The molecule has 1 heterocycles. The average Bonchev–Trinajstić information content (AvgIpc) is 3.16. The molecule has 1 aliphatic heterocycles. The number of rotatable bonds is 6. The van der Waals surface area contributed by atoms with Crippen molar-refractivity contribution in [1.29, 1.82) is 5.26 Å². The van der Waals surface area contributed by atoms with Gasteiger partial charge >= 0.3 is 0 Å². The van der Waals surface area contributed by atoms with Gasteiger partial charge in [-0.3, -0.25) is 14.4 Å². The van der Waals surface area contributed by atoms with Crippen molar-refractivity contribution in [3.05, 3.63) is 95.6 Å². The lowest BCUT2D eigenvalue weighted by molar-refractivity contribution is -0.122. The highest BCUT2D eigenvalue weighted by Gasteiger charge is 2.44. The summed E-state index contributed by atoms with van der Waals surface area (Å²) in [6.45, 7) is 0.168. The Bertz CT molecular complexity index is 1230. The van der Waals surface area contributed by atoms with Gasteiger partial charge in [0.15, 0.2) is 0 Å². The zero-order valence-electron chi connectivity index (χ0n) is 18.0. The zero-order chi connectivity index (χ0) is 23.4. The van der Waals surface area contributed by atoms with Crippen LogP contribution in [0.25, 0.3) is 0 Å². The molecule has 0 saturated carbocycles. The Hall–Kier alpha value is -4.44. The van der Waals surface area contributed by atoms with Crippen molar-refractivity contribution >= 4 is 23.4 Å². The van der Waals surface area contributed by atoms with Crippen LogP contribution in [0.5, 0.6) is 5.75 Å². The molecule has 1 fully saturated rings. The lowest BCUT2D eigenvalue weighted by Gasteiger charge is -2.28. The van der Waals surface area contributed by atoms with Gasteiger partial charge in [-0.05, 0) is 48.0 Å². The molecule has 1 atom stereocenters. The lowest BCUT2D eigenvalue weighted by Crippen LogP contribution is -2.45. The van der Waals surface area contributed by atoms with Gasteiger partial charge in [0, 0.05) is 12.1 Å². The van der Waals surface area contributed by atoms with Gasteiger partial charge in [0.1, 0.15) is 11.8 Å². The normalized spacial score (nSPS) is 15.3. The van der Waals surface area contributed by atoms with Crippen molar-refractivity contribution in [3.8, 4) is 11.8 Å². The van der Waals surface area contributed by atoms with Crippen molar-refractivity contribution in [2.24, 2.45) is 0 Å². The Morgan fingerprint density at radius 2 is 1.79 bits per heavy atom. The number of ether oxygens (including phenoxy) is 1. The monoisotopic (exact) mass is 439 g/mol. The number of imide groups is 1. The van der Waals surface area contributed by atoms with E-state index in [0.717, 1.165) is 10.5 Å². The molecule has 3 amide bonds. The molecule has 0 spiro atoms. The molecule has 3 aromatic carbocycles. The number of methoxy groups -OCH3 is 1. The van der Waals surface area contributed by atoms with Crippen molar-refractivity contribution in [2.75, 3.05) is 12.0 Å². The van der Waals surface area contributed by atoms with Gasteiger partial charge < -0.3 is 9.64 Å². The molecule has 0 bridgehead atoms. The van der Waals surface area contributed by atoms with Gasteiger partial charge in [-0.1, -0.05) is 36.4 Å². The summed E-state index contributed by atoms with van der Waals surface area (Å²) in [5.74, 6) is -0.720. The Labute approximate surface area is 191 Å². The van der Waals surface area contributed by atoms with Gasteiger partial charge in [0.25, 0.3) is 11.8 Å². The van der Waals surface area contributed by atoms with Crippen LogP contribution < -0.4 is 9.64 Å². The maximum absolute atomic E-state index is 13.5. The second kappa shape index (κ2) is 9.37. The predicted octanol–water partition coefficient (Wildman–Crippen LogP) is 3.54. The fraction of sp³-hybridized carbons (Fsp3) is 0.154. The Kier molecular flexibility index (Phi) is 6.18. The van der Waals surface area contributed by atoms with Crippen LogP contribution >= 0.6 is 0 Å². The molecule has 164 valence electrons. The van der Waals surface area contributed by atoms with E-state index in [-0.39, 0.29) is 18.9 Å². The minimum atomic E-state index is -0.952. The predicted molar refractivity (Wildman–Crippen MR) is 121 cm³/mol. The maximum atomic E-state index is 13.5. The van der Waals surface area contributed by atoms with Gasteiger partial charge in [-0.15, -0.1) is 0 Å². The third-order valence-corrected chi connectivity index (χ3v) is 5.53. The summed E-state index contributed by atoms with van der Waals surface area (Å²) in [7, 11) is 1.51. The van der Waals surface area contributed by atoms with Crippen LogP contribution in [-0.4, -0.2) is 35.8 Å². The van der Waals surface area contributed by atoms with Crippen LogP contribution in [0.3, 0.4) is 0 Å². The van der Waals surface area contributed by atoms with Crippen LogP contribution in [0.2, 0.25) is 0 Å². The topological polar surface area (TPSA) is 90.7 Å². The summed E-state index contributed by atoms with van der Waals surface area (Å²) in [5, 5.41) is 9.01. The fourth-order valence-corrected chi connectivity index (χ4v) is 3.84. The largest absolute Gasteiger partial charge is 0.497 e. The van der Waals surface area contributed by atoms with Crippen LogP contribution in [0.4, 0.5) is 5.69 Å². The van der Waals surface area contributed by atoms with Crippen LogP contribution in [0.15, 0.2) is 78.9 Å². The second-order valence-corrected chi connectivity index (χ2v) is 7.60. The highest BCUT2D eigenvalue weighted by atomic mass is 16.5. The van der Waals surface area contributed by atoms with Gasteiger partial charge in [0.05, 0.1) is 30.9 Å². The van der Waals surface area contributed by atoms with Crippen molar-refractivity contribution in [2.45, 2.75) is 19.0 Å². The Morgan fingerprint density at radius 1 is 1.06 bits per heavy atom. The molecular formula is C26H21N3O4.